The Balaban J connectivity index is 0.00000560. The van der Waals surface area contributed by atoms with Crippen molar-refractivity contribution in [2.24, 2.45) is 10.7 Å². The molecule has 0 amide bonds. The molecule has 0 unspecified atom stereocenters. The number of aromatic hydroxyl groups is 1. The normalized spacial score (nSPS) is 14.8. The molecular formula is C29H36N3NaO6S. The number of phenols is 1. The maximum atomic E-state index is 12.1. The van der Waals surface area contributed by atoms with Gasteiger partial charge in [-0.15, -0.1) is 0 Å². The summed E-state index contributed by atoms with van der Waals surface area (Å²) in [5, 5.41) is 11.3. The minimum absolute atomic E-state index is 0. The molecule has 1 aliphatic rings. The zero-order valence-corrected chi connectivity index (χ0v) is 26.0. The number of ether oxygens (including phenoxy) is 2. The molecule has 2 aromatic carbocycles. The van der Waals surface area contributed by atoms with E-state index in [1.165, 1.54) is 0 Å². The number of aliphatic imine (C=N–C) groups is 1. The minimum atomic E-state index is -4.53. The van der Waals surface area contributed by atoms with Gasteiger partial charge in [0.25, 0.3) is 0 Å². The Morgan fingerprint density at radius 3 is 2.75 bits per heavy atom. The van der Waals surface area contributed by atoms with Gasteiger partial charge in [0.05, 0.1) is 15.4 Å². The molecule has 11 heteroatoms. The van der Waals surface area contributed by atoms with Gasteiger partial charge in [-0.1, -0.05) is 62.1 Å². The van der Waals surface area contributed by atoms with Crippen molar-refractivity contribution in [3.05, 3.63) is 71.3 Å². The number of allylic oxidation sites excluding steroid dienone is 1. The Labute approximate surface area is 259 Å². The molecule has 0 saturated heterocycles. The number of fused-ring (bicyclic) bond motifs is 1. The number of nitrogens with two attached hydrogens (primary N) is 1. The second kappa shape index (κ2) is 17.3. The Hall–Kier alpha value is -2.52. The number of hydrogen-bond acceptors (Lipinski definition) is 9. The zero-order valence-electron chi connectivity index (χ0n) is 23.1. The Kier molecular flexibility index (Phi) is 14.6. The van der Waals surface area contributed by atoms with Crippen LogP contribution in [0.3, 0.4) is 0 Å². The minimum Gasteiger partial charge on any atom is -0.748 e. The van der Waals surface area contributed by atoms with Gasteiger partial charge in [-0.2, -0.15) is 4.99 Å². The van der Waals surface area contributed by atoms with Gasteiger partial charge in [-0.25, -0.2) is 8.42 Å². The van der Waals surface area contributed by atoms with Crippen molar-refractivity contribution < 1.29 is 57.1 Å². The van der Waals surface area contributed by atoms with Gasteiger partial charge >= 0.3 is 29.6 Å². The average Bonchev–Trinajstić information content (AvgIpc) is 2.90. The summed E-state index contributed by atoms with van der Waals surface area (Å²) >= 11 is 0. The van der Waals surface area contributed by atoms with E-state index in [0.717, 1.165) is 36.0 Å². The summed E-state index contributed by atoms with van der Waals surface area (Å²) < 4.78 is 48.0. The molecule has 0 spiro atoms. The van der Waals surface area contributed by atoms with E-state index in [-0.39, 0.29) is 60.8 Å². The van der Waals surface area contributed by atoms with Crippen molar-refractivity contribution in [1.29, 1.82) is 0 Å². The molecule has 0 radical (unpaired) electrons. The fraction of sp³-hybridized carbons (Fsp3) is 0.414. The molecule has 2 atom stereocenters. The molecule has 1 heterocycles. The first-order valence-electron chi connectivity index (χ1n) is 13.1. The third-order valence-corrected chi connectivity index (χ3v) is 7.52. The van der Waals surface area contributed by atoms with Crippen LogP contribution in [0.15, 0.2) is 59.6 Å². The first-order chi connectivity index (χ1) is 18.8. The Morgan fingerprint density at radius 1 is 1.25 bits per heavy atom. The van der Waals surface area contributed by atoms with Crippen molar-refractivity contribution in [1.82, 2.24) is 5.32 Å². The van der Waals surface area contributed by atoms with Crippen LogP contribution in [-0.2, 0) is 27.7 Å². The van der Waals surface area contributed by atoms with E-state index in [0.29, 0.717) is 25.2 Å². The van der Waals surface area contributed by atoms with E-state index < -0.39 is 21.5 Å². The van der Waals surface area contributed by atoms with Crippen molar-refractivity contribution in [3.8, 4) is 23.5 Å². The quantitative estimate of drug-likeness (QED) is 0.105. The summed E-state index contributed by atoms with van der Waals surface area (Å²) in [7, 11) is -4.53. The SMILES string of the molecule is CCCCCO[C@H](/C=C/C[C@@H](CCc1ccc2c(c1)CC#CN=C(N)NCO2)S(=O)(=O)[O-])c1ccc(O)cc1.[Na+]. The third kappa shape index (κ3) is 11.5. The van der Waals surface area contributed by atoms with E-state index in [1.54, 1.807) is 36.4 Å². The molecule has 4 N–H and O–H groups in total. The van der Waals surface area contributed by atoms with Gasteiger partial charge in [-0.05, 0) is 55.0 Å². The maximum absolute atomic E-state index is 12.1. The smallest absolute Gasteiger partial charge is 0.748 e. The van der Waals surface area contributed by atoms with E-state index >= 15 is 0 Å². The van der Waals surface area contributed by atoms with Crippen molar-refractivity contribution in [2.45, 2.75) is 63.2 Å². The number of aryl methyl sites for hydroxylation is 1. The van der Waals surface area contributed by atoms with Gasteiger partial charge in [0, 0.05) is 24.6 Å². The molecule has 1 aliphatic heterocycles. The van der Waals surface area contributed by atoms with Crippen LogP contribution in [0.5, 0.6) is 11.5 Å². The summed E-state index contributed by atoms with van der Waals surface area (Å²) in [6.07, 6.45) is 7.14. The first-order valence-corrected chi connectivity index (χ1v) is 14.5. The molecule has 3 rings (SSSR count). The monoisotopic (exact) mass is 577 g/mol. The topological polar surface area (TPSA) is 146 Å². The van der Waals surface area contributed by atoms with Gasteiger partial charge in [-0.3, -0.25) is 0 Å². The molecule has 40 heavy (non-hydrogen) atoms. The van der Waals surface area contributed by atoms with Crippen LogP contribution in [0.2, 0.25) is 0 Å². The fourth-order valence-electron chi connectivity index (χ4n) is 4.08. The number of unbranched alkanes of at least 4 members (excludes halogenated alkanes) is 2. The standard InChI is InChI=1S/C29H37N3O6S.Na/c1-2-3-4-19-37-27(23-12-14-25(33)15-13-23)9-5-8-26(39(34,35)36)16-10-22-11-17-28-24(20-22)7-6-18-31-29(30)32-21-38-28;/h5,9,11-15,17,20,26-27,33H,2-4,7-8,10,16,19,21H2,1H3,(H3,30,31,32)(H,34,35,36);/q;+1/p-1/b9-5+;/t26-,27+;/m0./s1. The van der Waals surface area contributed by atoms with E-state index in [1.807, 2.05) is 18.2 Å². The molecule has 0 bridgehead atoms. The summed E-state index contributed by atoms with van der Waals surface area (Å²) in [5.74, 6) is 3.89. The van der Waals surface area contributed by atoms with Crippen molar-refractivity contribution in [2.75, 3.05) is 13.3 Å². The third-order valence-electron chi connectivity index (χ3n) is 6.28. The van der Waals surface area contributed by atoms with Crippen LogP contribution < -0.4 is 45.3 Å². The molecular weight excluding hydrogens is 541 g/mol. The summed E-state index contributed by atoms with van der Waals surface area (Å²) in [6, 6.07) is 14.9. The number of rotatable bonds is 13. The summed E-state index contributed by atoms with van der Waals surface area (Å²) in [5.41, 5.74) is 8.21. The Bertz CT molecular complexity index is 1300. The second-order valence-electron chi connectivity index (χ2n) is 9.28. The second-order valence-corrected chi connectivity index (χ2v) is 10.9. The number of phenolic OH excluding ortho intramolecular Hbond substituents is 1. The molecule has 210 valence electrons. The van der Waals surface area contributed by atoms with Crippen LogP contribution in [-0.4, -0.2) is 42.6 Å². The van der Waals surface area contributed by atoms with Crippen LogP contribution in [0.1, 0.15) is 61.8 Å². The predicted octanol–water partition coefficient (Wildman–Crippen LogP) is 0.895. The van der Waals surface area contributed by atoms with Crippen LogP contribution in [0, 0.1) is 12.0 Å². The maximum Gasteiger partial charge on any atom is 1.00 e. The fourth-order valence-corrected chi connectivity index (χ4v) is 4.83. The first kappa shape index (κ1) is 33.7. The summed E-state index contributed by atoms with van der Waals surface area (Å²) in [4.78, 5) is 3.87. The van der Waals surface area contributed by atoms with Crippen LogP contribution in [0.4, 0.5) is 0 Å². The molecule has 0 saturated carbocycles. The zero-order chi connectivity index (χ0) is 28.1. The molecule has 0 aromatic heterocycles. The van der Waals surface area contributed by atoms with E-state index in [9.17, 15) is 18.1 Å². The molecule has 9 nitrogen and oxygen atoms in total. The number of hydrogen-bond donors (Lipinski definition) is 3. The largest absolute Gasteiger partial charge is 1.00 e. The molecule has 0 fully saturated rings. The molecule has 2 aromatic rings. The van der Waals surface area contributed by atoms with E-state index in [4.69, 9.17) is 15.2 Å². The van der Waals surface area contributed by atoms with E-state index in [2.05, 4.69) is 29.2 Å². The van der Waals surface area contributed by atoms with Crippen LogP contribution >= 0.6 is 0 Å². The van der Waals surface area contributed by atoms with Gasteiger partial charge in [0.15, 0.2) is 6.73 Å². The number of guanidine groups is 1. The number of benzene rings is 2. The number of nitrogens with zero attached hydrogens (tertiary/aromatic N) is 1. The van der Waals surface area contributed by atoms with Crippen LogP contribution in [0.25, 0.3) is 0 Å². The van der Waals surface area contributed by atoms with Gasteiger partial charge < -0.3 is 30.2 Å². The average molecular weight is 578 g/mol. The predicted molar refractivity (Wildman–Crippen MR) is 150 cm³/mol. The molecule has 0 aliphatic carbocycles. The van der Waals surface area contributed by atoms with Crippen molar-refractivity contribution >= 4 is 16.1 Å². The van der Waals surface area contributed by atoms with Crippen molar-refractivity contribution in [3.63, 3.8) is 0 Å². The van der Waals surface area contributed by atoms with Gasteiger partial charge in [0.1, 0.15) is 17.6 Å². The summed E-state index contributed by atoms with van der Waals surface area (Å²) in [6.45, 7) is 2.80. The number of nitrogens with one attached hydrogen (secondary N) is 1. The Morgan fingerprint density at radius 2 is 2.02 bits per heavy atom. The van der Waals surface area contributed by atoms with Gasteiger partial charge in [0.2, 0.25) is 5.96 Å².